The number of benzene rings is 1. The van der Waals surface area contributed by atoms with Crippen molar-refractivity contribution in [2.45, 2.75) is 38.6 Å². The Labute approximate surface area is 123 Å². The van der Waals surface area contributed by atoms with Crippen LogP contribution in [0, 0.1) is 0 Å². The summed E-state index contributed by atoms with van der Waals surface area (Å²) < 4.78 is 0. The Morgan fingerprint density at radius 3 is 2.26 bits per heavy atom. The van der Waals surface area contributed by atoms with Gasteiger partial charge in [0.2, 0.25) is 0 Å². The van der Waals surface area contributed by atoms with E-state index in [4.69, 9.17) is 0 Å². The van der Waals surface area contributed by atoms with Crippen LogP contribution in [0.5, 0.6) is 0 Å². The van der Waals surface area contributed by atoms with Gasteiger partial charge in [0.25, 0.3) is 0 Å². The molecule has 1 aromatic carbocycles. The zero-order valence-corrected chi connectivity index (χ0v) is 13.6. The molecule has 0 radical (unpaired) electrons. The zero-order chi connectivity index (χ0) is 14.1. The van der Waals surface area contributed by atoms with Crippen LogP contribution >= 0.6 is 11.8 Å². The van der Waals surface area contributed by atoms with Crippen LogP contribution in [-0.4, -0.2) is 36.8 Å². The number of hydrogen-bond donors (Lipinski definition) is 1. The molecule has 1 rings (SSSR count). The Bertz CT molecular complexity index is 333. The van der Waals surface area contributed by atoms with Crippen LogP contribution in [0.1, 0.15) is 39.3 Å². The van der Waals surface area contributed by atoms with E-state index >= 15 is 0 Å². The Balaban J connectivity index is 2.40. The van der Waals surface area contributed by atoms with Crippen molar-refractivity contribution in [3.8, 4) is 0 Å². The van der Waals surface area contributed by atoms with Gasteiger partial charge in [-0.2, -0.15) is 0 Å². The lowest BCUT2D eigenvalue weighted by Crippen LogP contribution is -2.25. The largest absolute Gasteiger partial charge is 0.310 e. The molecule has 0 aromatic heterocycles. The fourth-order valence-corrected chi connectivity index (χ4v) is 3.02. The van der Waals surface area contributed by atoms with Gasteiger partial charge in [0.15, 0.2) is 0 Å². The molecule has 0 heterocycles. The number of hydrogen-bond acceptors (Lipinski definition) is 3. The van der Waals surface area contributed by atoms with Gasteiger partial charge in [-0.05, 0) is 44.3 Å². The minimum atomic E-state index is 0.444. The molecule has 19 heavy (non-hydrogen) atoms. The Kier molecular flexibility index (Phi) is 8.19. The van der Waals surface area contributed by atoms with Gasteiger partial charge in [-0.15, -0.1) is 11.8 Å². The number of rotatable bonds is 9. The standard InChI is InChI=1S/C16H28N2S/c1-5-17-14(4)15-8-10-16(11-9-15)19-13-12-18(6-2)7-3/h8-11,14,17H,5-7,12-13H2,1-4H3. The minimum absolute atomic E-state index is 0.444. The minimum Gasteiger partial charge on any atom is -0.310 e. The first kappa shape index (κ1) is 16.5. The number of thioether (sulfide) groups is 1. The molecular formula is C16H28N2S. The first-order valence-corrected chi connectivity index (χ1v) is 8.38. The molecule has 1 atom stereocenters. The summed E-state index contributed by atoms with van der Waals surface area (Å²) in [7, 11) is 0. The van der Waals surface area contributed by atoms with Crippen LogP contribution < -0.4 is 5.32 Å². The lowest BCUT2D eigenvalue weighted by Gasteiger charge is -2.17. The molecule has 108 valence electrons. The second-order valence-electron chi connectivity index (χ2n) is 4.72. The van der Waals surface area contributed by atoms with E-state index in [0.29, 0.717) is 6.04 Å². The van der Waals surface area contributed by atoms with Gasteiger partial charge in [0.05, 0.1) is 0 Å². The quantitative estimate of drug-likeness (QED) is 0.693. The van der Waals surface area contributed by atoms with Crippen molar-refractivity contribution < 1.29 is 0 Å². The summed E-state index contributed by atoms with van der Waals surface area (Å²) in [6.45, 7) is 13.3. The van der Waals surface area contributed by atoms with Crippen molar-refractivity contribution in [1.82, 2.24) is 10.2 Å². The average Bonchev–Trinajstić information content (AvgIpc) is 2.44. The molecule has 0 fully saturated rings. The van der Waals surface area contributed by atoms with E-state index in [1.165, 1.54) is 22.8 Å². The molecule has 0 bridgehead atoms. The van der Waals surface area contributed by atoms with E-state index in [-0.39, 0.29) is 0 Å². The maximum atomic E-state index is 3.44. The highest BCUT2D eigenvalue weighted by molar-refractivity contribution is 7.99. The summed E-state index contributed by atoms with van der Waals surface area (Å²) in [6, 6.07) is 9.42. The van der Waals surface area contributed by atoms with Crippen LogP contribution in [0.2, 0.25) is 0 Å². The Morgan fingerprint density at radius 1 is 1.11 bits per heavy atom. The van der Waals surface area contributed by atoms with Crippen molar-refractivity contribution in [3.63, 3.8) is 0 Å². The second-order valence-corrected chi connectivity index (χ2v) is 5.89. The van der Waals surface area contributed by atoms with Gasteiger partial charge >= 0.3 is 0 Å². The maximum Gasteiger partial charge on any atom is 0.0291 e. The average molecular weight is 280 g/mol. The molecule has 0 spiro atoms. The van der Waals surface area contributed by atoms with Crippen LogP contribution in [0.15, 0.2) is 29.2 Å². The lowest BCUT2D eigenvalue weighted by atomic mass is 10.1. The maximum absolute atomic E-state index is 3.44. The molecule has 0 aliphatic rings. The van der Waals surface area contributed by atoms with Crippen molar-refractivity contribution in [2.24, 2.45) is 0 Å². The summed E-state index contributed by atoms with van der Waals surface area (Å²) in [5, 5.41) is 3.44. The second kappa shape index (κ2) is 9.40. The van der Waals surface area contributed by atoms with Crippen molar-refractivity contribution in [3.05, 3.63) is 29.8 Å². The zero-order valence-electron chi connectivity index (χ0n) is 12.8. The highest BCUT2D eigenvalue weighted by Crippen LogP contribution is 2.21. The van der Waals surface area contributed by atoms with Crippen LogP contribution in [0.3, 0.4) is 0 Å². The van der Waals surface area contributed by atoms with E-state index in [1.807, 2.05) is 11.8 Å². The third-order valence-electron chi connectivity index (χ3n) is 3.46. The summed E-state index contributed by atoms with van der Waals surface area (Å²) in [5.74, 6) is 1.17. The molecule has 0 saturated heterocycles. The third-order valence-corrected chi connectivity index (χ3v) is 4.45. The van der Waals surface area contributed by atoms with Gasteiger partial charge in [0, 0.05) is 23.2 Å². The van der Waals surface area contributed by atoms with E-state index in [9.17, 15) is 0 Å². The van der Waals surface area contributed by atoms with Crippen molar-refractivity contribution in [1.29, 1.82) is 0 Å². The fourth-order valence-electron chi connectivity index (χ4n) is 2.11. The summed E-state index contributed by atoms with van der Waals surface area (Å²) in [6.07, 6.45) is 0. The summed E-state index contributed by atoms with van der Waals surface area (Å²) in [5.41, 5.74) is 1.37. The van der Waals surface area contributed by atoms with Crippen LogP contribution in [0.4, 0.5) is 0 Å². The smallest absolute Gasteiger partial charge is 0.0291 e. The van der Waals surface area contributed by atoms with Gasteiger partial charge < -0.3 is 10.2 Å². The molecule has 1 aromatic rings. The predicted molar refractivity (Wildman–Crippen MR) is 87.0 cm³/mol. The predicted octanol–water partition coefficient (Wildman–Crippen LogP) is 3.79. The van der Waals surface area contributed by atoms with Crippen LogP contribution in [0.25, 0.3) is 0 Å². The van der Waals surface area contributed by atoms with E-state index in [1.54, 1.807) is 0 Å². The molecule has 0 aliphatic carbocycles. The first-order valence-electron chi connectivity index (χ1n) is 7.39. The molecular weight excluding hydrogens is 252 g/mol. The molecule has 0 amide bonds. The molecule has 1 unspecified atom stereocenters. The fraction of sp³-hybridized carbons (Fsp3) is 0.625. The first-order chi connectivity index (χ1) is 9.21. The monoisotopic (exact) mass is 280 g/mol. The number of nitrogens with one attached hydrogen (secondary N) is 1. The summed E-state index contributed by atoms with van der Waals surface area (Å²) in [4.78, 5) is 3.84. The van der Waals surface area contributed by atoms with E-state index in [2.05, 4.69) is 62.2 Å². The topological polar surface area (TPSA) is 15.3 Å². The SMILES string of the molecule is CCNC(C)c1ccc(SCCN(CC)CC)cc1. The Morgan fingerprint density at radius 2 is 1.74 bits per heavy atom. The van der Waals surface area contributed by atoms with Crippen LogP contribution in [-0.2, 0) is 0 Å². The van der Waals surface area contributed by atoms with Crippen molar-refractivity contribution in [2.75, 3.05) is 31.9 Å². The van der Waals surface area contributed by atoms with Gasteiger partial charge in [-0.3, -0.25) is 0 Å². The number of nitrogens with zero attached hydrogens (tertiary/aromatic N) is 1. The lowest BCUT2D eigenvalue weighted by molar-refractivity contribution is 0.324. The molecule has 0 saturated carbocycles. The molecule has 1 N–H and O–H groups in total. The Hall–Kier alpha value is -0.510. The molecule has 2 nitrogen and oxygen atoms in total. The van der Waals surface area contributed by atoms with E-state index < -0.39 is 0 Å². The van der Waals surface area contributed by atoms with Gasteiger partial charge in [-0.25, -0.2) is 0 Å². The van der Waals surface area contributed by atoms with Crippen molar-refractivity contribution >= 4 is 11.8 Å². The third kappa shape index (κ3) is 5.98. The van der Waals surface area contributed by atoms with Gasteiger partial charge in [0.1, 0.15) is 0 Å². The summed E-state index contributed by atoms with van der Waals surface area (Å²) >= 11 is 1.95. The van der Waals surface area contributed by atoms with E-state index in [0.717, 1.165) is 19.6 Å². The highest BCUT2D eigenvalue weighted by atomic mass is 32.2. The molecule has 3 heteroatoms. The molecule has 0 aliphatic heterocycles. The highest BCUT2D eigenvalue weighted by Gasteiger charge is 2.04. The normalized spacial score (nSPS) is 12.9. The van der Waals surface area contributed by atoms with Gasteiger partial charge in [-0.1, -0.05) is 32.9 Å².